The molecule has 2 N–H and O–H groups in total. The molecule has 1 aromatic heterocycles. The number of carboxylic acid groups (broad SMARTS) is 1. The normalized spacial score (nSPS) is 12.8. The second-order valence-corrected chi connectivity index (χ2v) is 5.26. The van der Waals surface area contributed by atoms with Gasteiger partial charge in [-0.05, 0) is 39.3 Å². The van der Waals surface area contributed by atoms with Gasteiger partial charge >= 0.3 is 12.1 Å². The smallest absolute Gasteiger partial charge is 0.408 e. The van der Waals surface area contributed by atoms with E-state index in [0.29, 0.717) is 5.76 Å². The first-order chi connectivity index (χ1) is 8.69. The maximum absolute atomic E-state index is 11.7. The van der Waals surface area contributed by atoms with Crippen LogP contribution in [-0.4, -0.2) is 22.8 Å². The van der Waals surface area contributed by atoms with Crippen molar-refractivity contribution in [3.05, 3.63) is 23.7 Å². The molecule has 6 heteroatoms. The lowest BCUT2D eigenvalue weighted by atomic mass is 10.1. The molecule has 0 bridgehead atoms. The molecule has 0 aliphatic carbocycles. The quantitative estimate of drug-likeness (QED) is 0.877. The molecule has 19 heavy (non-hydrogen) atoms. The van der Waals surface area contributed by atoms with Crippen molar-refractivity contribution in [2.75, 3.05) is 0 Å². The maximum atomic E-state index is 11.7. The van der Waals surface area contributed by atoms with E-state index in [1.54, 1.807) is 33.8 Å². The molecule has 1 atom stereocenters. The highest BCUT2D eigenvalue weighted by Crippen LogP contribution is 2.22. The largest absolute Gasteiger partial charge is 0.481 e. The standard InChI is InChI=1S/C13H19NO5/c1-8-5-6-18-11(8)9(7-10(15)16)14-12(17)19-13(2,3)4/h5-6,9H,7H2,1-4H3,(H,14,17)(H,15,16). The molecule has 106 valence electrons. The second-order valence-electron chi connectivity index (χ2n) is 5.26. The summed E-state index contributed by atoms with van der Waals surface area (Å²) >= 11 is 0. The second kappa shape index (κ2) is 5.77. The zero-order valence-electron chi connectivity index (χ0n) is 11.5. The lowest BCUT2D eigenvalue weighted by Crippen LogP contribution is -2.35. The molecule has 0 saturated heterocycles. The van der Waals surface area contributed by atoms with E-state index in [0.717, 1.165) is 5.56 Å². The van der Waals surface area contributed by atoms with E-state index in [2.05, 4.69) is 5.32 Å². The van der Waals surface area contributed by atoms with E-state index in [9.17, 15) is 9.59 Å². The Hall–Kier alpha value is -1.98. The van der Waals surface area contributed by atoms with Gasteiger partial charge < -0.3 is 19.6 Å². The third-order valence-electron chi connectivity index (χ3n) is 2.29. The monoisotopic (exact) mass is 269 g/mol. The number of carbonyl (C=O) groups excluding carboxylic acids is 1. The van der Waals surface area contributed by atoms with Crippen LogP contribution in [0.1, 0.15) is 44.6 Å². The fraction of sp³-hybridized carbons (Fsp3) is 0.538. The van der Waals surface area contributed by atoms with Gasteiger partial charge in [0.15, 0.2) is 0 Å². The van der Waals surface area contributed by atoms with Crippen molar-refractivity contribution in [2.45, 2.75) is 45.8 Å². The van der Waals surface area contributed by atoms with Gasteiger partial charge in [0, 0.05) is 0 Å². The van der Waals surface area contributed by atoms with Crippen molar-refractivity contribution >= 4 is 12.1 Å². The van der Waals surface area contributed by atoms with E-state index in [1.165, 1.54) is 6.26 Å². The van der Waals surface area contributed by atoms with Crippen LogP contribution in [0.25, 0.3) is 0 Å². The van der Waals surface area contributed by atoms with E-state index >= 15 is 0 Å². The predicted octanol–water partition coefficient (Wildman–Crippen LogP) is 2.63. The number of nitrogens with one attached hydrogen (secondary N) is 1. The minimum atomic E-state index is -1.03. The van der Waals surface area contributed by atoms with E-state index in [-0.39, 0.29) is 6.42 Å². The van der Waals surface area contributed by atoms with E-state index in [4.69, 9.17) is 14.3 Å². The summed E-state index contributed by atoms with van der Waals surface area (Å²) in [4.78, 5) is 22.5. The van der Waals surface area contributed by atoms with Gasteiger partial charge in [0.05, 0.1) is 12.7 Å². The molecule has 0 radical (unpaired) electrons. The van der Waals surface area contributed by atoms with Crippen LogP contribution in [-0.2, 0) is 9.53 Å². The Morgan fingerprint density at radius 1 is 1.47 bits per heavy atom. The number of aryl methyl sites for hydroxylation is 1. The van der Waals surface area contributed by atoms with Gasteiger partial charge in [0.25, 0.3) is 0 Å². The SMILES string of the molecule is Cc1ccoc1C(CC(=O)O)NC(=O)OC(C)(C)C. The molecule has 0 aliphatic heterocycles. The van der Waals surface area contributed by atoms with Crippen molar-refractivity contribution < 1.29 is 23.8 Å². The Bertz CT molecular complexity index is 458. The van der Waals surface area contributed by atoms with Gasteiger partial charge in [-0.2, -0.15) is 0 Å². The van der Waals surface area contributed by atoms with Crippen LogP contribution in [0.5, 0.6) is 0 Å². The highest BCUT2D eigenvalue weighted by molar-refractivity contribution is 5.72. The average molecular weight is 269 g/mol. The molecule has 0 aromatic carbocycles. The van der Waals surface area contributed by atoms with Crippen LogP contribution >= 0.6 is 0 Å². The van der Waals surface area contributed by atoms with Crippen molar-refractivity contribution in [1.82, 2.24) is 5.32 Å². The number of amides is 1. The molecule has 1 aromatic rings. The Labute approximate surface area is 111 Å². The highest BCUT2D eigenvalue weighted by atomic mass is 16.6. The maximum Gasteiger partial charge on any atom is 0.408 e. The number of carbonyl (C=O) groups is 2. The Morgan fingerprint density at radius 2 is 2.11 bits per heavy atom. The zero-order chi connectivity index (χ0) is 14.6. The molecule has 0 aliphatic rings. The fourth-order valence-corrected chi connectivity index (χ4v) is 1.58. The van der Waals surface area contributed by atoms with Crippen LogP contribution in [0.2, 0.25) is 0 Å². The molecule has 0 saturated carbocycles. The number of carboxylic acids is 1. The number of aliphatic carboxylic acids is 1. The first-order valence-electron chi connectivity index (χ1n) is 5.94. The van der Waals surface area contributed by atoms with Crippen molar-refractivity contribution in [3.63, 3.8) is 0 Å². The lowest BCUT2D eigenvalue weighted by Gasteiger charge is -2.22. The Balaban J connectivity index is 2.79. The average Bonchev–Trinajstić information content (AvgIpc) is 2.59. The number of furan rings is 1. The van der Waals surface area contributed by atoms with Crippen LogP contribution in [0, 0.1) is 6.92 Å². The van der Waals surface area contributed by atoms with Crippen LogP contribution in [0.4, 0.5) is 4.79 Å². The van der Waals surface area contributed by atoms with Gasteiger partial charge in [-0.15, -0.1) is 0 Å². The van der Waals surface area contributed by atoms with E-state index in [1.807, 2.05) is 0 Å². The van der Waals surface area contributed by atoms with Crippen LogP contribution in [0.15, 0.2) is 16.7 Å². The third kappa shape index (κ3) is 5.03. The number of alkyl carbamates (subject to hydrolysis) is 1. The van der Waals surface area contributed by atoms with Gasteiger partial charge in [-0.1, -0.05) is 0 Å². The van der Waals surface area contributed by atoms with Crippen molar-refractivity contribution in [1.29, 1.82) is 0 Å². The van der Waals surface area contributed by atoms with Crippen LogP contribution < -0.4 is 5.32 Å². The summed E-state index contributed by atoms with van der Waals surface area (Å²) in [6, 6.07) is 0.961. The van der Waals surface area contributed by atoms with Gasteiger partial charge in [0.1, 0.15) is 17.4 Å². The molecular weight excluding hydrogens is 250 g/mol. The number of hydrogen-bond donors (Lipinski definition) is 2. The highest BCUT2D eigenvalue weighted by Gasteiger charge is 2.25. The number of hydrogen-bond acceptors (Lipinski definition) is 4. The summed E-state index contributed by atoms with van der Waals surface area (Å²) in [5, 5.41) is 11.4. The fourth-order valence-electron chi connectivity index (χ4n) is 1.58. The van der Waals surface area contributed by atoms with Crippen LogP contribution in [0.3, 0.4) is 0 Å². The number of ether oxygens (including phenoxy) is 1. The Kier molecular flexibility index (Phi) is 4.58. The molecular formula is C13H19NO5. The summed E-state index contributed by atoms with van der Waals surface area (Å²) < 4.78 is 10.3. The topological polar surface area (TPSA) is 88.8 Å². The summed E-state index contributed by atoms with van der Waals surface area (Å²) in [7, 11) is 0. The summed E-state index contributed by atoms with van der Waals surface area (Å²) in [5.74, 6) is -0.606. The molecule has 6 nitrogen and oxygen atoms in total. The van der Waals surface area contributed by atoms with Gasteiger partial charge in [-0.3, -0.25) is 4.79 Å². The lowest BCUT2D eigenvalue weighted by molar-refractivity contribution is -0.137. The molecule has 1 unspecified atom stereocenters. The van der Waals surface area contributed by atoms with Crippen molar-refractivity contribution in [2.24, 2.45) is 0 Å². The minimum absolute atomic E-state index is 0.270. The van der Waals surface area contributed by atoms with Gasteiger partial charge in [-0.25, -0.2) is 4.79 Å². The molecule has 1 heterocycles. The molecule has 1 rings (SSSR count). The predicted molar refractivity (Wildman–Crippen MR) is 67.8 cm³/mol. The van der Waals surface area contributed by atoms with Crippen molar-refractivity contribution in [3.8, 4) is 0 Å². The zero-order valence-corrected chi connectivity index (χ0v) is 11.5. The van der Waals surface area contributed by atoms with E-state index < -0.39 is 23.7 Å². The number of rotatable bonds is 4. The first-order valence-corrected chi connectivity index (χ1v) is 5.94. The molecule has 1 amide bonds. The Morgan fingerprint density at radius 3 is 2.53 bits per heavy atom. The summed E-state index contributed by atoms with van der Waals surface area (Å²) in [5.41, 5.74) is 0.137. The summed E-state index contributed by atoms with van der Waals surface area (Å²) in [6.07, 6.45) is 0.513. The molecule has 0 fully saturated rings. The third-order valence-corrected chi connectivity index (χ3v) is 2.29. The molecule has 0 spiro atoms. The van der Waals surface area contributed by atoms with Gasteiger partial charge in [0.2, 0.25) is 0 Å². The summed E-state index contributed by atoms with van der Waals surface area (Å²) in [6.45, 7) is 6.98. The minimum Gasteiger partial charge on any atom is -0.481 e. The first kappa shape index (κ1) is 15.1.